The Labute approximate surface area is 167 Å². The SMILES string of the molecule is CN1C(=O)C2(CCC2)c2cc(C(N)=CC=NCc3ccc(F)cc3F)cc(N)c21. The first-order valence-electron chi connectivity index (χ1n) is 9.45. The van der Waals surface area contributed by atoms with Gasteiger partial charge in [-0.1, -0.05) is 12.5 Å². The van der Waals surface area contributed by atoms with E-state index in [9.17, 15) is 13.6 Å². The van der Waals surface area contributed by atoms with Gasteiger partial charge in [-0.25, -0.2) is 8.78 Å². The largest absolute Gasteiger partial charge is 0.398 e. The summed E-state index contributed by atoms with van der Waals surface area (Å²) in [5.74, 6) is -1.17. The third-order valence-corrected chi connectivity index (χ3v) is 5.88. The van der Waals surface area contributed by atoms with Crippen molar-refractivity contribution >= 4 is 29.2 Å². The van der Waals surface area contributed by atoms with Crippen molar-refractivity contribution in [3.63, 3.8) is 0 Å². The van der Waals surface area contributed by atoms with E-state index in [1.165, 1.54) is 18.3 Å². The number of nitrogens with two attached hydrogens (primary N) is 2. The molecule has 2 aromatic rings. The molecule has 0 bridgehead atoms. The monoisotopic (exact) mass is 396 g/mol. The number of rotatable bonds is 4. The molecule has 0 atom stereocenters. The molecule has 1 aliphatic heterocycles. The number of amides is 1. The quantitative estimate of drug-likeness (QED) is 0.613. The molecule has 1 spiro atoms. The first kappa shape index (κ1) is 19.1. The lowest BCUT2D eigenvalue weighted by atomic mass is 9.65. The smallest absolute Gasteiger partial charge is 0.237 e. The molecule has 1 aliphatic carbocycles. The summed E-state index contributed by atoms with van der Waals surface area (Å²) in [5, 5.41) is 0. The van der Waals surface area contributed by atoms with Gasteiger partial charge in [0.2, 0.25) is 5.91 Å². The number of hydrogen-bond donors (Lipinski definition) is 2. The highest BCUT2D eigenvalue weighted by Gasteiger charge is 2.54. The van der Waals surface area contributed by atoms with Crippen LogP contribution in [0.4, 0.5) is 20.2 Å². The van der Waals surface area contributed by atoms with Gasteiger partial charge in [0, 0.05) is 30.6 Å². The van der Waals surface area contributed by atoms with E-state index < -0.39 is 17.0 Å². The topological polar surface area (TPSA) is 84.7 Å². The van der Waals surface area contributed by atoms with Crippen molar-refractivity contribution in [2.75, 3.05) is 17.7 Å². The summed E-state index contributed by atoms with van der Waals surface area (Å²) >= 11 is 0. The van der Waals surface area contributed by atoms with Crippen LogP contribution >= 0.6 is 0 Å². The number of benzene rings is 2. The number of hydrogen-bond acceptors (Lipinski definition) is 4. The molecule has 5 nitrogen and oxygen atoms in total. The molecule has 29 heavy (non-hydrogen) atoms. The predicted molar refractivity (Wildman–Crippen MR) is 111 cm³/mol. The molecule has 0 saturated heterocycles. The van der Waals surface area contributed by atoms with E-state index in [-0.39, 0.29) is 12.5 Å². The number of carbonyl (C=O) groups is 1. The number of anilines is 2. The predicted octanol–water partition coefficient (Wildman–Crippen LogP) is 3.52. The van der Waals surface area contributed by atoms with Gasteiger partial charge < -0.3 is 16.4 Å². The lowest BCUT2D eigenvalue weighted by Gasteiger charge is -2.36. The minimum atomic E-state index is -0.634. The van der Waals surface area contributed by atoms with Crippen LogP contribution < -0.4 is 16.4 Å². The van der Waals surface area contributed by atoms with E-state index >= 15 is 0 Å². The van der Waals surface area contributed by atoms with Crippen LogP contribution in [0.3, 0.4) is 0 Å². The summed E-state index contributed by atoms with van der Waals surface area (Å²) in [5.41, 5.74) is 15.6. The van der Waals surface area contributed by atoms with E-state index in [1.54, 1.807) is 24.1 Å². The minimum Gasteiger partial charge on any atom is -0.398 e. The zero-order valence-corrected chi connectivity index (χ0v) is 16.1. The van der Waals surface area contributed by atoms with Crippen LogP contribution in [0.25, 0.3) is 5.70 Å². The van der Waals surface area contributed by atoms with E-state index in [2.05, 4.69) is 4.99 Å². The van der Waals surface area contributed by atoms with Crippen LogP contribution in [0.1, 0.15) is 36.0 Å². The molecular formula is C22H22F2N4O. The molecule has 1 heterocycles. The van der Waals surface area contributed by atoms with Crippen LogP contribution in [-0.2, 0) is 16.8 Å². The van der Waals surface area contributed by atoms with E-state index in [0.717, 1.165) is 42.1 Å². The summed E-state index contributed by atoms with van der Waals surface area (Å²) in [4.78, 5) is 18.5. The molecule has 1 saturated carbocycles. The average Bonchev–Trinajstić information content (AvgIpc) is 2.87. The molecule has 2 aromatic carbocycles. The third-order valence-electron chi connectivity index (χ3n) is 5.88. The van der Waals surface area contributed by atoms with Crippen molar-refractivity contribution in [3.05, 3.63) is 64.7 Å². The van der Waals surface area contributed by atoms with Crippen LogP contribution in [0.2, 0.25) is 0 Å². The fourth-order valence-electron chi connectivity index (χ4n) is 4.14. The summed E-state index contributed by atoms with van der Waals surface area (Å²) in [6.07, 6.45) is 5.75. The van der Waals surface area contributed by atoms with Crippen LogP contribution in [0.5, 0.6) is 0 Å². The molecule has 0 radical (unpaired) electrons. The van der Waals surface area contributed by atoms with Gasteiger partial charge in [-0.15, -0.1) is 0 Å². The number of carbonyl (C=O) groups excluding carboxylic acids is 1. The number of halogens is 2. The lowest BCUT2D eigenvalue weighted by Crippen LogP contribution is -2.43. The zero-order chi connectivity index (χ0) is 20.8. The summed E-state index contributed by atoms with van der Waals surface area (Å²) in [6.45, 7) is 0.0740. The van der Waals surface area contributed by atoms with Crippen molar-refractivity contribution in [2.45, 2.75) is 31.2 Å². The Balaban J connectivity index is 1.57. The Morgan fingerprint density at radius 1 is 1.28 bits per heavy atom. The molecular weight excluding hydrogens is 374 g/mol. The second kappa shape index (κ2) is 6.99. The molecule has 7 heteroatoms. The Bertz CT molecular complexity index is 1060. The van der Waals surface area contributed by atoms with E-state index in [4.69, 9.17) is 11.5 Å². The van der Waals surface area contributed by atoms with E-state index in [1.807, 2.05) is 6.07 Å². The Hall–Kier alpha value is -3.22. The number of aliphatic imine (C=N–C) groups is 1. The maximum absolute atomic E-state index is 13.6. The Morgan fingerprint density at radius 2 is 2.03 bits per heavy atom. The average molecular weight is 396 g/mol. The number of nitrogens with zero attached hydrogens (tertiary/aromatic N) is 2. The number of nitrogen functional groups attached to an aromatic ring is 1. The van der Waals surface area contributed by atoms with Gasteiger partial charge in [0.1, 0.15) is 11.6 Å². The van der Waals surface area contributed by atoms with Gasteiger partial charge in [0.05, 0.1) is 23.3 Å². The maximum Gasteiger partial charge on any atom is 0.237 e. The fourth-order valence-corrected chi connectivity index (χ4v) is 4.14. The maximum atomic E-state index is 13.6. The lowest BCUT2D eigenvalue weighted by molar-refractivity contribution is -0.125. The molecule has 150 valence electrons. The summed E-state index contributed by atoms with van der Waals surface area (Å²) in [7, 11) is 1.75. The van der Waals surface area contributed by atoms with Crippen molar-refractivity contribution in [1.82, 2.24) is 0 Å². The summed E-state index contributed by atoms with van der Waals surface area (Å²) in [6, 6.07) is 7.07. The van der Waals surface area contributed by atoms with Gasteiger partial charge in [-0.2, -0.15) is 0 Å². The molecule has 1 amide bonds. The highest BCUT2D eigenvalue weighted by Crippen LogP contribution is 2.55. The van der Waals surface area contributed by atoms with Crippen molar-refractivity contribution in [2.24, 2.45) is 10.7 Å². The normalized spacial score (nSPS) is 17.8. The van der Waals surface area contributed by atoms with Gasteiger partial charge in [0.25, 0.3) is 0 Å². The van der Waals surface area contributed by atoms with Crippen LogP contribution in [0.15, 0.2) is 41.4 Å². The second-order valence-corrected chi connectivity index (χ2v) is 7.61. The Morgan fingerprint density at radius 3 is 2.69 bits per heavy atom. The zero-order valence-electron chi connectivity index (χ0n) is 16.1. The molecule has 4 rings (SSSR count). The van der Waals surface area contributed by atoms with Gasteiger partial charge in [-0.3, -0.25) is 9.79 Å². The second-order valence-electron chi connectivity index (χ2n) is 7.61. The first-order valence-corrected chi connectivity index (χ1v) is 9.45. The molecule has 0 aromatic heterocycles. The fraction of sp³-hybridized carbons (Fsp3) is 0.273. The standard InChI is InChI=1S/C22H22F2N4O/c1-28-20-16(22(21(28)29)6-2-7-22)9-14(10-19(20)26)18(25)5-8-27-12-13-3-4-15(23)11-17(13)24/h3-5,8-11H,2,6-7,12,25-26H2,1H3. The number of likely N-dealkylation sites (N-methyl/N-ethyl adjacent to an activating group) is 1. The van der Waals surface area contributed by atoms with E-state index in [0.29, 0.717) is 16.9 Å². The van der Waals surface area contributed by atoms with Crippen molar-refractivity contribution < 1.29 is 13.6 Å². The highest BCUT2D eigenvalue weighted by atomic mass is 19.1. The number of allylic oxidation sites excluding steroid dienone is 1. The molecule has 0 unspecified atom stereocenters. The first-order chi connectivity index (χ1) is 13.8. The van der Waals surface area contributed by atoms with Crippen LogP contribution in [0, 0.1) is 11.6 Å². The summed E-state index contributed by atoms with van der Waals surface area (Å²) < 4.78 is 26.6. The van der Waals surface area contributed by atoms with Gasteiger partial charge >= 0.3 is 0 Å². The van der Waals surface area contributed by atoms with Gasteiger partial charge in [0.15, 0.2) is 0 Å². The number of fused-ring (bicyclic) bond motifs is 2. The Kier molecular flexibility index (Phi) is 4.61. The minimum absolute atomic E-state index is 0.0740. The molecule has 1 fully saturated rings. The third kappa shape index (κ3) is 3.06. The van der Waals surface area contributed by atoms with Crippen LogP contribution in [-0.4, -0.2) is 19.2 Å². The molecule has 2 aliphatic rings. The molecule has 4 N–H and O–H groups in total. The van der Waals surface area contributed by atoms with Crippen molar-refractivity contribution in [3.8, 4) is 0 Å². The highest BCUT2D eigenvalue weighted by molar-refractivity contribution is 6.11. The van der Waals surface area contributed by atoms with Gasteiger partial charge in [-0.05, 0) is 48.2 Å². The van der Waals surface area contributed by atoms with Crippen molar-refractivity contribution in [1.29, 1.82) is 0 Å².